The van der Waals surface area contributed by atoms with Crippen LogP contribution in [0.5, 0.6) is 5.75 Å². The molecule has 106 valence electrons. The molecule has 0 atom stereocenters. The summed E-state index contributed by atoms with van der Waals surface area (Å²) in [4.78, 5) is 2.32. The van der Waals surface area contributed by atoms with Crippen LogP contribution >= 0.6 is 0 Å². The summed E-state index contributed by atoms with van der Waals surface area (Å²) in [6.07, 6.45) is 6.53. The van der Waals surface area contributed by atoms with E-state index in [4.69, 9.17) is 10.5 Å². The highest BCUT2D eigenvalue weighted by atomic mass is 16.5. The summed E-state index contributed by atoms with van der Waals surface area (Å²) >= 11 is 0. The number of methoxy groups -OCH3 is 1. The fourth-order valence-electron chi connectivity index (χ4n) is 3.17. The minimum Gasteiger partial charge on any atom is -0.497 e. The van der Waals surface area contributed by atoms with Crippen molar-refractivity contribution in [3.05, 3.63) is 24.3 Å². The Labute approximate surface area is 116 Å². The van der Waals surface area contributed by atoms with Crippen LogP contribution in [0.25, 0.3) is 0 Å². The summed E-state index contributed by atoms with van der Waals surface area (Å²) in [5.41, 5.74) is 7.58. The van der Waals surface area contributed by atoms with Gasteiger partial charge in [-0.3, -0.25) is 0 Å². The molecule has 3 heteroatoms. The molecule has 0 heterocycles. The molecule has 1 aromatic carbocycles. The fraction of sp³-hybridized carbons (Fsp3) is 0.625. The molecular formula is C16H26N2O. The van der Waals surface area contributed by atoms with Gasteiger partial charge in [0, 0.05) is 30.8 Å². The number of hydrogen-bond donors (Lipinski definition) is 1. The minimum absolute atomic E-state index is 0.302. The van der Waals surface area contributed by atoms with Gasteiger partial charge in [0.1, 0.15) is 5.75 Å². The molecule has 0 spiro atoms. The van der Waals surface area contributed by atoms with Gasteiger partial charge < -0.3 is 15.4 Å². The summed E-state index contributed by atoms with van der Waals surface area (Å²) in [7, 11) is 3.86. The number of hydrogen-bond acceptors (Lipinski definition) is 3. The van der Waals surface area contributed by atoms with Gasteiger partial charge in [-0.2, -0.15) is 0 Å². The van der Waals surface area contributed by atoms with Gasteiger partial charge in [-0.25, -0.2) is 0 Å². The number of anilines is 1. The van der Waals surface area contributed by atoms with Crippen molar-refractivity contribution in [2.75, 3.05) is 32.1 Å². The molecule has 19 heavy (non-hydrogen) atoms. The van der Waals surface area contributed by atoms with Crippen LogP contribution < -0.4 is 15.4 Å². The Bertz CT molecular complexity index is 399. The second kappa shape index (κ2) is 6.29. The van der Waals surface area contributed by atoms with E-state index in [1.165, 1.54) is 37.8 Å². The first-order chi connectivity index (χ1) is 9.19. The van der Waals surface area contributed by atoms with Crippen molar-refractivity contribution in [1.29, 1.82) is 0 Å². The van der Waals surface area contributed by atoms with Gasteiger partial charge in [0.2, 0.25) is 0 Å². The first kappa shape index (κ1) is 14.2. The van der Waals surface area contributed by atoms with Crippen LogP contribution in [0.3, 0.4) is 0 Å². The Morgan fingerprint density at radius 2 is 2.00 bits per heavy atom. The lowest BCUT2D eigenvalue weighted by Crippen LogP contribution is -2.42. The van der Waals surface area contributed by atoms with Gasteiger partial charge in [-0.15, -0.1) is 0 Å². The first-order valence-electron chi connectivity index (χ1n) is 7.24. The average molecular weight is 262 g/mol. The second-order valence-electron chi connectivity index (χ2n) is 5.82. The van der Waals surface area contributed by atoms with E-state index in [0.29, 0.717) is 5.41 Å². The van der Waals surface area contributed by atoms with E-state index in [9.17, 15) is 0 Å². The number of ether oxygens (including phenoxy) is 1. The van der Waals surface area contributed by atoms with Crippen LogP contribution in [-0.4, -0.2) is 27.2 Å². The number of nitrogens with two attached hydrogens (primary N) is 1. The quantitative estimate of drug-likeness (QED) is 0.886. The lowest BCUT2D eigenvalue weighted by molar-refractivity contribution is 0.206. The van der Waals surface area contributed by atoms with Crippen molar-refractivity contribution < 1.29 is 4.74 Å². The van der Waals surface area contributed by atoms with Crippen molar-refractivity contribution in [3.63, 3.8) is 0 Å². The normalized spacial score (nSPS) is 18.1. The van der Waals surface area contributed by atoms with Gasteiger partial charge >= 0.3 is 0 Å². The van der Waals surface area contributed by atoms with Crippen molar-refractivity contribution >= 4 is 5.69 Å². The molecule has 0 unspecified atom stereocenters. The van der Waals surface area contributed by atoms with Crippen molar-refractivity contribution in [3.8, 4) is 5.75 Å². The zero-order valence-electron chi connectivity index (χ0n) is 12.2. The van der Waals surface area contributed by atoms with Crippen LogP contribution in [-0.2, 0) is 0 Å². The Kier molecular flexibility index (Phi) is 4.70. The zero-order chi connectivity index (χ0) is 13.7. The molecule has 1 aliphatic rings. The molecule has 0 aromatic heterocycles. The second-order valence-corrected chi connectivity index (χ2v) is 5.82. The highest BCUT2D eigenvalue weighted by molar-refractivity contribution is 5.50. The van der Waals surface area contributed by atoms with Gasteiger partial charge in [0.25, 0.3) is 0 Å². The highest BCUT2D eigenvalue weighted by Crippen LogP contribution is 2.37. The van der Waals surface area contributed by atoms with Crippen LogP contribution in [0.15, 0.2) is 24.3 Å². The maximum absolute atomic E-state index is 6.07. The third kappa shape index (κ3) is 3.41. The van der Waals surface area contributed by atoms with E-state index in [-0.39, 0.29) is 0 Å². The predicted molar refractivity (Wildman–Crippen MR) is 80.8 cm³/mol. The van der Waals surface area contributed by atoms with Crippen LogP contribution in [0.1, 0.15) is 32.1 Å². The van der Waals surface area contributed by atoms with Gasteiger partial charge in [0.05, 0.1) is 7.11 Å². The van der Waals surface area contributed by atoms with E-state index < -0.39 is 0 Å². The lowest BCUT2D eigenvalue weighted by Gasteiger charge is -2.40. The van der Waals surface area contributed by atoms with Gasteiger partial charge in [-0.1, -0.05) is 25.3 Å². The SMILES string of the molecule is COc1cccc(N(C)CC2(CN)CCCCC2)c1. The molecule has 2 N–H and O–H groups in total. The van der Waals surface area contributed by atoms with E-state index in [1.54, 1.807) is 7.11 Å². The summed E-state index contributed by atoms with van der Waals surface area (Å²) < 4.78 is 5.30. The summed E-state index contributed by atoms with van der Waals surface area (Å²) in [6, 6.07) is 8.25. The number of nitrogens with zero attached hydrogens (tertiary/aromatic N) is 1. The molecule has 0 radical (unpaired) electrons. The Balaban J connectivity index is 2.07. The van der Waals surface area contributed by atoms with Crippen LogP contribution in [0, 0.1) is 5.41 Å². The fourth-order valence-corrected chi connectivity index (χ4v) is 3.17. The Morgan fingerprint density at radius 3 is 2.63 bits per heavy atom. The third-order valence-corrected chi connectivity index (χ3v) is 4.41. The summed E-state index contributed by atoms with van der Waals surface area (Å²) in [6.45, 7) is 1.83. The largest absolute Gasteiger partial charge is 0.497 e. The van der Waals surface area contributed by atoms with Gasteiger partial charge in [-0.05, 0) is 31.5 Å². The van der Waals surface area contributed by atoms with E-state index >= 15 is 0 Å². The van der Waals surface area contributed by atoms with Crippen LogP contribution in [0.4, 0.5) is 5.69 Å². The zero-order valence-corrected chi connectivity index (χ0v) is 12.2. The summed E-state index contributed by atoms with van der Waals surface area (Å²) in [5.74, 6) is 0.912. The number of benzene rings is 1. The van der Waals surface area contributed by atoms with E-state index in [2.05, 4.69) is 24.1 Å². The van der Waals surface area contributed by atoms with Crippen molar-refractivity contribution in [2.24, 2.45) is 11.1 Å². The Morgan fingerprint density at radius 1 is 1.26 bits per heavy atom. The molecule has 1 fully saturated rings. The van der Waals surface area contributed by atoms with E-state index in [0.717, 1.165) is 18.8 Å². The standard InChI is InChI=1S/C16H26N2O/c1-18(14-7-6-8-15(11-14)19-2)13-16(12-17)9-4-3-5-10-16/h6-8,11H,3-5,9-10,12-13,17H2,1-2H3. The smallest absolute Gasteiger partial charge is 0.120 e. The molecule has 0 aliphatic heterocycles. The lowest BCUT2D eigenvalue weighted by atomic mass is 9.73. The van der Waals surface area contributed by atoms with E-state index in [1.807, 2.05) is 12.1 Å². The van der Waals surface area contributed by atoms with Crippen molar-refractivity contribution in [1.82, 2.24) is 0 Å². The Hall–Kier alpha value is -1.22. The first-order valence-corrected chi connectivity index (χ1v) is 7.24. The number of rotatable bonds is 5. The molecule has 1 aliphatic carbocycles. The monoisotopic (exact) mass is 262 g/mol. The minimum atomic E-state index is 0.302. The topological polar surface area (TPSA) is 38.5 Å². The molecule has 0 amide bonds. The van der Waals surface area contributed by atoms with Crippen molar-refractivity contribution in [2.45, 2.75) is 32.1 Å². The maximum Gasteiger partial charge on any atom is 0.120 e. The highest BCUT2D eigenvalue weighted by Gasteiger charge is 2.31. The average Bonchev–Trinajstić information content (AvgIpc) is 2.48. The molecule has 3 nitrogen and oxygen atoms in total. The third-order valence-electron chi connectivity index (χ3n) is 4.41. The molecule has 2 rings (SSSR count). The molecular weight excluding hydrogens is 236 g/mol. The maximum atomic E-state index is 6.07. The molecule has 1 saturated carbocycles. The van der Waals surface area contributed by atoms with Crippen LogP contribution in [0.2, 0.25) is 0 Å². The summed E-state index contributed by atoms with van der Waals surface area (Å²) in [5, 5.41) is 0. The molecule has 0 saturated heterocycles. The molecule has 1 aromatic rings. The molecule has 0 bridgehead atoms. The van der Waals surface area contributed by atoms with Gasteiger partial charge in [0.15, 0.2) is 0 Å². The predicted octanol–water partition coefficient (Wildman–Crippen LogP) is 3.04.